The highest BCUT2D eigenvalue weighted by Gasteiger charge is 2.12. The van der Waals surface area contributed by atoms with Crippen molar-refractivity contribution in [3.63, 3.8) is 0 Å². The van der Waals surface area contributed by atoms with Crippen LogP contribution in [0, 0.1) is 5.92 Å². The van der Waals surface area contributed by atoms with Gasteiger partial charge in [0.15, 0.2) is 0 Å². The van der Waals surface area contributed by atoms with Crippen LogP contribution in [0.5, 0.6) is 0 Å². The molecule has 4 nitrogen and oxygen atoms in total. The van der Waals surface area contributed by atoms with Gasteiger partial charge in [-0.2, -0.15) is 0 Å². The number of amides is 1. The summed E-state index contributed by atoms with van der Waals surface area (Å²) in [5.74, 6) is -0.0514. The maximum Gasteiger partial charge on any atom is 0.228 e. The number of fused-ring (bicyclic) bond motifs is 1. The molecule has 1 aromatic heterocycles. The molecule has 1 amide bonds. The first-order valence-corrected chi connectivity index (χ1v) is 6.57. The lowest BCUT2D eigenvalue weighted by Gasteiger charge is -2.12. The number of aromatic nitrogens is 1. The average molecular weight is 257 g/mol. The molecule has 1 unspecified atom stereocenters. The van der Waals surface area contributed by atoms with E-state index in [9.17, 15) is 4.79 Å². The van der Waals surface area contributed by atoms with E-state index in [0.29, 0.717) is 6.54 Å². The van der Waals surface area contributed by atoms with Crippen LogP contribution >= 0.6 is 0 Å². The van der Waals surface area contributed by atoms with E-state index in [4.69, 9.17) is 0 Å². The summed E-state index contributed by atoms with van der Waals surface area (Å²) in [6.07, 6.45) is 1.69. The summed E-state index contributed by atoms with van der Waals surface area (Å²) in [7, 11) is 0. The van der Waals surface area contributed by atoms with Crippen LogP contribution in [-0.4, -0.2) is 24.0 Å². The molecular weight excluding hydrogens is 238 g/mol. The number of nitrogens with one attached hydrogen (secondary N) is 2. The Bertz CT molecular complexity index is 568. The van der Waals surface area contributed by atoms with Gasteiger partial charge in [-0.3, -0.25) is 9.78 Å². The van der Waals surface area contributed by atoms with Crippen molar-refractivity contribution in [3.8, 4) is 0 Å². The molecule has 1 aromatic carbocycles. The molecule has 2 N–H and O–H groups in total. The molecule has 0 saturated heterocycles. The number of carbonyl (C=O) groups is 1. The molecule has 0 aliphatic carbocycles. The number of nitrogens with zero attached hydrogens (tertiary/aromatic N) is 1. The Labute approximate surface area is 113 Å². The van der Waals surface area contributed by atoms with Gasteiger partial charge in [0, 0.05) is 17.8 Å². The van der Waals surface area contributed by atoms with Gasteiger partial charge in [-0.05, 0) is 18.7 Å². The van der Waals surface area contributed by atoms with Crippen molar-refractivity contribution in [2.75, 3.05) is 18.4 Å². The largest absolute Gasteiger partial charge is 0.324 e. The number of carbonyl (C=O) groups excluding carboxylic acids is 1. The van der Waals surface area contributed by atoms with Crippen molar-refractivity contribution >= 4 is 22.5 Å². The Hall–Kier alpha value is -1.94. The highest BCUT2D eigenvalue weighted by Crippen LogP contribution is 2.16. The van der Waals surface area contributed by atoms with Crippen LogP contribution in [0.25, 0.3) is 10.9 Å². The number of benzene rings is 1. The second-order valence-corrected chi connectivity index (χ2v) is 4.61. The molecule has 100 valence electrons. The highest BCUT2D eigenvalue weighted by molar-refractivity contribution is 5.94. The van der Waals surface area contributed by atoms with Gasteiger partial charge in [-0.1, -0.05) is 32.0 Å². The first kappa shape index (κ1) is 13.5. The maximum atomic E-state index is 12.0. The van der Waals surface area contributed by atoms with Crippen LogP contribution in [0.4, 0.5) is 5.69 Å². The molecule has 0 aliphatic heterocycles. The molecule has 0 radical (unpaired) electrons. The molecule has 0 fully saturated rings. The summed E-state index contributed by atoms with van der Waals surface area (Å²) >= 11 is 0. The van der Waals surface area contributed by atoms with E-state index in [0.717, 1.165) is 23.1 Å². The standard InChI is InChI=1S/C15H19N3O/c1-3-16-9-11(2)15(19)18-13-8-12-6-4-5-7-14(12)17-10-13/h4-8,10-11,16H,3,9H2,1-2H3,(H,18,19). The van der Waals surface area contributed by atoms with Gasteiger partial charge in [0.25, 0.3) is 0 Å². The number of hydrogen-bond donors (Lipinski definition) is 2. The number of para-hydroxylation sites is 1. The lowest BCUT2D eigenvalue weighted by Crippen LogP contribution is -2.30. The van der Waals surface area contributed by atoms with E-state index in [1.165, 1.54) is 0 Å². The van der Waals surface area contributed by atoms with Crippen molar-refractivity contribution in [1.82, 2.24) is 10.3 Å². The zero-order valence-corrected chi connectivity index (χ0v) is 11.3. The van der Waals surface area contributed by atoms with Crippen LogP contribution in [0.2, 0.25) is 0 Å². The van der Waals surface area contributed by atoms with E-state index in [1.807, 2.05) is 44.2 Å². The molecule has 2 rings (SSSR count). The van der Waals surface area contributed by atoms with Crippen LogP contribution in [0.1, 0.15) is 13.8 Å². The summed E-state index contributed by atoms with van der Waals surface area (Å²) in [6, 6.07) is 9.80. The quantitative estimate of drug-likeness (QED) is 0.865. The van der Waals surface area contributed by atoms with Crippen molar-refractivity contribution in [1.29, 1.82) is 0 Å². The Morgan fingerprint density at radius 1 is 1.37 bits per heavy atom. The fourth-order valence-corrected chi connectivity index (χ4v) is 1.86. The summed E-state index contributed by atoms with van der Waals surface area (Å²) in [5.41, 5.74) is 1.67. The monoisotopic (exact) mass is 257 g/mol. The zero-order chi connectivity index (χ0) is 13.7. The fourth-order valence-electron chi connectivity index (χ4n) is 1.86. The van der Waals surface area contributed by atoms with E-state index in [2.05, 4.69) is 15.6 Å². The lowest BCUT2D eigenvalue weighted by atomic mass is 10.1. The van der Waals surface area contributed by atoms with Gasteiger partial charge in [-0.15, -0.1) is 0 Å². The predicted octanol–water partition coefficient (Wildman–Crippen LogP) is 2.42. The normalized spacial score (nSPS) is 12.3. The average Bonchev–Trinajstić information content (AvgIpc) is 2.44. The number of anilines is 1. The van der Waals surface area contributed by atoms with E-state index >= 15 is 0 Å². The fraction of sp³-hybridized carbons (Fsp3) is 0.333. The Morgan fingerprint density at radius 3 is 2.95 bits per heavy atom. The third kappa shape index (κ3) is 3.51. The topological polar surface area (TPSA) is 54.0 Å². The Morgan fingerprint density at radius 2 is 2.16 bits per heavy atom. The molecule has 0 saturated carbocycles. The first-order valence-electron chi connectivity index (χ1n) is 6.57. The predicted molar refractivity (Wildman–Crippen MR) is 78.1 cm³/mol. The van der Waals surface area contributed by atoms with Crippen molar-refractivity contribution in [2.45, 2.75) is 13.8 Å². The van der Waals surface area contributed by atoms with Gasteiger partial charge in [-0.25, -0.2) is 0 Å². The first-order chi connectivity index (χ1) is 9.20. The van der Waals surface area contributed by atoms with E-state index < -0.39 is 0 Å². The van der Waals surface area contributed by atoms with Crippen LogP contribution in [0.15, 0.2) is 36.5 Å². The molecule has 1 heterocycles. The summed E-state index contributed by atoms with van der Waals surface area (Å²) in [4.78, 5) is 16.3. The molecule has 19 heavy (non-hydrogen) atoms. The number of pyridine rings is 1. The summed E-state index contributed by atoms with van der Waals surface area (Å²) in [5, 5.41) is 7.10. The van der Waals surface area contributed by atoms with Crippen molar-refractivity contribution < 1.29 is 4.79 Å². The van der Waals surface area contributed by atoms with Gasteiger partial charge in [0.1, 0.15) is 0 Å². The highest BCUT2D eigenvalue weighted by atomic mass is 16.1. The third-order valence-electron chi connectivity index (χ3n) is 3.01. The van der Waals surface area contributed by atoms with Gasteiger partial charge in [0.2, 0.25) is 5.91 Å². The van der Waals surface area contributed by atoms with Gasteiger partial charge >= 0.3 is 0 Å². The van der Waals surface area contributed by atoms with Crippen LogP contribution in [0.3, 0.4) is 0 Å². The van der Waals surface area contributed by atoms with E-state index in [1.54, 1.807) is 6.20 Å². The Balaban J connectivity index is 2.06. The second-order valence-electron chi connectivity index (χ2n) is 4.61. The second kappa shape index (κ2) is 6.29. The molecule has 0 bridgehead atoms. The Kier molecular flexibility index (Phi) is 4.47. The van der Waals surface area contributed by atoms with Crippen molar-refractivity contribution in [3.05, 3.63) is 36.5 Å². The minimum atomic E-state index is -0.0635. The van der Waals surface area contributed by atoms with Crippen molar-refractivity contribution in [2.24, 2.45) is 5.92 Å². The minimum absolute atomic E-state index is 0.0121. The van der Waals surface area contributed by atoms with E-state index in [-0.39, 0.29) is 11.8 Å². The van der Waals surface area contributed by atoms with Crippen LogP contribution < -0.4 is 10.6 Å². The van der Waals surface area contributed by atoms with Gasteiger partial charge < -0.3 is 10.6 Å². The minimum Gasteiger partial charge on any atom is -0.324 e. The summed E-state index contributed by atoms with van der Waals surface area (Å²) < 4.78 is 0. The SMILES string of the molecule is CCNCC(C)C(=O)Nc1cnc2ccccc2c1. The molecule has 4 heteroatoms. The third-order valence-corrected chi connectivity index (χ3v) is 3.01. The van der Waals surface area contributed by atoms with Crippen LogP contribution in [-0.2, 0) is 4.79 Å². The molecular formula is C15H19N3O. The smallest absolute Gasteiger partial charge is 0.228 e. The van der Waals surface area contributed by atoms with Gasteiger partial charge in [0.05, 0.1) is 17.4 Å². The number of hydrogen-bond acceptors (Lipinski definition) is 3. The molecule has 2 aromatic rings. The molecule has 0 aliphatic rings. The summed E-state index contributed by atoms with van der Waals surface area (Å²) in [6.45, 7) is 5.49. The molecule has 1 atom stereocenters. The molecule has 0 spiro atoms. The maximum absolute atomic E-state index is 12.0. The number of rotatable bonds is 5. The lowest BCUT2D eigenvalue weighted by molar-refractivity contribution is -0.119. The zero-order valence-electron chi connectivity index (χ0n) is 11.3.